The number of carboxylic acids is 1. The molecule has 10 N–H and O–H groups in total. The third-order valence-electron chi connectivity index (χ3n) is 40.7. The molecule has 111 heavy (non-hydrogen) atoms. The summed E-state index contributed by atoms with van der Waals surface area (Å²) in [5.41, 5.74) is 34.5. The monoisotopic (exact) mass is 1520 g/mol. The number of aliphatic carboxylic acids is 1. The van der Waals surface area contributed by atoms with Gasteiger partial charge in [-0.2, -0.15) is 15.3 Å². The SMILES string of the molecule is CC1(C)CC[C@]2(C(=O)O)CC[C@]3(C)C(=CCC4[C@@]5(C)Cc6c(N)n[nH]c6C(C)(C)C5CC[C@]43C)C2C1.CN(C)C(=O)[C@]12CCC(C)(C)CC1C1=CCC3[C@@]4(C)Cc5c(N)n[nH]c5C(C)(C)C4CC[C@@]3(C)[C@]1(C)CC2.CN(C)C[C@]12CCC(C)(C)CC1C1=CCC3[C@@]4(C)Cc5c(N)n[nH]c5C(C)(C)C4CC[C@@]3(C)[C@]1(C)CC2. The topological polar surface area (TPSA) is 225 Å². The Labute approximate surface area is 670 Å². The second kappa shape index (κ2) is 24.6. The maximum absolute atomic E-state index is 13.9. The molecule has 0 spiro atoms. The minimum absolute atomic E-state index is 0.0115. The van der Waals surface area contributed by atoms with E-state index in [4.69, 9.17) is 17.2 Å². The van der Waals surface area contributed by atoms with E-state index in [-0.39, 0.29) is 76.3 Å². The molecule has 614 valence electrons. The van der Waals surface area contributed by atoms with Gasteiger partial charge >= 0.3 is 5.97 Å². The van der Waals surface area contributed by atoms with Crippen molar-refractivity contribution >= 4 is 29.3 Å². The van der Waals surface area contributed by atoms with E-state index in [1.165, 1.54) is 123 Å². The van der Waals surface area contributed by atoms with E-state index >= 15 is 0 Å². The summed E-state index contributed by atoms with van der Waals surface area (Å²) < 4.78 is 0. The quantitative estimate of drug-likeness (QED) is 0.122. The lowest BCUT2D eigenvalue weighted by atomic mass is 9.33. The summed E-state index contributed by atoms with van der Waals surface area (Å²) in [6.07, 6.45) is 39.2. The molecule has 21 atom stereocenters. The number of hydrogen-bond donors (Lipinski definition) is 7. The minimum atomic E-state index is -0.571. The van der Waals surface area contributed by atoms with E-state index in [1.54, 1.807) is 5.57 Å². The van der Waals surface area contributed by atoms with Crippen LogP contribution in [0.15, 0.2) is 34.9 Å². The molecule has 3 aromatic rings. The number of carbonyl (C=O) groups excluding carboxylic acids is 1. The van der Waals surface area contributed by atoms with Crippen LogP contribution in [0.5, 0.6) is 0 Å². The molecule has 0 radical (unpaired) electrons. The molecule has 0 aromatic carbocycles. The highest BCUT2D eigenvalue weighted by Crippen LogP contribution is 2.80. The highest BCUT2D eigenvalue weighted by atomic mass is 16.4. The summed E-state index contributed by atoms with van der Waals surface area (Å²) in [4.78, 5) is 31.2. The van der Waals surface area contributed by atoms with Crippen LogP contribution in [0.1, 0.15) is 333 Å². The Kier molecular flexibility index (Phi) is 17.8. The fraction of sp³-hybridized carbons (Fsp3) is 0.825. The number of aromatic nitrogens is 6. The van der Waals surface area contributed by atoms with Gasteiger partial charge in [0.1, 0.15) is 17.5 Å². The van der Waals surface area contributed by atoms with Crippen molar-refractivity contribution in [3.63, 3.8) is 0 Å². The lowest BCUT2D eigenvalue weighted by Gasteiger charge is -2.71. The molecular formula is C97H153N11O3. The number of aromatic amines is 3. The van der Waals surface area contributed by atoms with Crippen molar-refractivity contribution in [2.45, 2.75) is 335 Å². The van der Waals surface area contributed by atoms with Gasteiger partial charge in [0.15, 0.2) is 0 Å². The molecule has 0 bridgehead atoms. The molecule has 0 saturated heterocycles. The van der Waals surface area contributed by atoms with Gasteiger partial charge in [0, 0.05) is 70.7 Å². The number of allylic oxidation sites excluding steroid dienone is 6. The summed E-state index contributed by atoms with van der Waals surface area (Å²) in [6.45, 7) is 54.0. The zero-order valence-corrected chi connectivity index (χ0v) is 74.5. The number of anilines is 3. The van der Waals surface area contributed by atoms with Crippen molar-refractivity contribution in [3.05, 3.63) is 68.7 Å². The lowest BCUT2D eigenvalue weighted by Crippen LogP contribution is -2.65. The zero-order chi connectivity index (χ0) is 80.6. The second-order valence-corrected chi connectivity index (χ2v) is 48.6. The normalized spacial score (nSPS) is 45.5. The number of H-pyrrole nitrogens is 3. The van der Waals surface area contributed by atoms with Crippen molar-refractivity contribution in [2.75, 3.05) is 51.9 Å². The van der Waals surface area contributed by atoms with Gasteiger partial charge in [-0.15, -0.1) is 0 Å². The predicted molar refractivity (Wildman–Crippen MR) is 452 cm³/mol. The Morgan fingerprint density at radius 2 is 0.703 bits per heavy atom. The third kappa shape index (κ3) is 10.6. The van der Waals surface area contributed by atoms with Crippen LogP contribution in [-0.4, -0.2) is 92.1 Å². The van der Waals surface area contributed by atoms with Crippen LogP contribution in [0.3, 0.4) is 0 Å². The van der Waals surface area contributed by atoms with Crippen LogP contribution in [0.25, 0.3) is 0 Å². The molecule has 9 saturated carbocycles. The molecule has 9 fully saturated rings. The van der Waals surface area contributed by atoms with Crippen LogP contribution in [0, 0.1) is 134 Å². The highest BCUT2D eigenvalue weighted by molar-refractivity contribution is 5.84. The maximum Gasteiger partial charge on any atom is 0.310 e. The molecule has 14 nitrogen and oxygen atoms in total. The predicted octanol–water partition coefficient (Wildman–Crippen LogP) is 21.2. The molecule has 15 aliphatic carbocycles. The number of amides is 1. The summed E-state index contributed by atoms with van der Waals surface area (Å²) in [6, 6.07) is 0. The highest BCUT2D eigenvalue weighted by Gasteiger charge is 2.74. The average Bonchev–Trinajstić information content (AvgIpc) is 1.39. The Balaban J connectivity index is 0.000000126. The van der Waals surface area contributed by atoms with Gasteiger partial charge in [0.05, 0.1) is 10.8 Å². The van der Waals surface area contributed by atoms with Gasteiger partial charge in [-0.25, -0.2) is 0 Å². The van der Waals surface area contributed by atoms with Crippen molar-refractivity contribution in [1.82, 2.24) is 40.4 Å². The summed E-state index contributed by atoms with van der Waals surface area (Å²) in [5, 5.41) is 34.0. The van der Waals surface area contributed by atoms with E-state index in [0.29, 0.717) is 80.6 Å². The van der Waals surface area contributed by atoms with Crippen molar-refractivity contribution < 1.29 is 14.7 Å². The van der Waals surface area contributed by atoms with Crippen LogP contribution in [-0.2, 0) is 45.1 Å². The summed E-state index contributed by atoms with van der Waals surface area (Å²) >= 11 is 0. The Morgan fingerprint density at radius 1 is 0.405 bits per heavy atom. The first kappa shape index (κ1) is 80.0. The molecule has 18 rings (SSSR count). The second-order valence-electron chi connectivity index (χ2n) is 48.6. The maximum atomic E-state index is 13.9. The first-order valence-corrected chi connectivity index (χ1v) is 45.0. The van der Waals surface area contributed by atoms with Crippen LogP contribution >= 0.6 is 0 Å². The third-order valence-corrected chi connectivity index (χ3v) is 40.7. The van der Waals surface area contributed by atoms with Crippen LogP contribution in [0.2, 0.25) is 0 Å². The number of carbonyl (C=O) groups is 2. The fourth-order valence-electron chi connectivity index (χ4n) is 34.3. The molecule has 15 aliphatic rings. The van der Waals surface area contributed by atoms with E-state index in [9.17, 15) is 14.7 Å². The van der Waals surface area contributed by atoms with E-state index in [0.717, 1.165) is 108 Å². The molecule has 9 unspecified atom stereocenters. The largest absolute Gasteiger partial charge is 0.481 e. The number of nitrogen functional groups attached to an aromatic ring is 3. The van der Waals surface area contributed by atoms with Gasteiger partial charge in [-0.3, -0.25) is 24.9 Å². The number of nitrogens with zero attached hydrogens (tertiary/aromatic N) is 5. The number of nitrogens with one attached hydrogen (secondary N) is 3. The van der Waals surface area contributed by atoms with Gasteiger partial charge in [-0.1, -0.05) is 180 Å². The number of rotatable bonds is 4. The van der Waals surface area contributed by atoms with E-state index in [2.05, 4.69) is 213 Å². The Bertz CT molecular complexity index is 4360. The molecule has 14 heteroatoms. The van der Waals surface area contributed by atoms with Gasteiger partial charge in [-0.05, 0) is 311 Å². The van der Waals surface area contributed by atoms with Gasteiger partial charge < -0.3 is 32.1 Å². The summed E-state index contributed by atoms with van der Waals surface area (Å²) in [7, 11) is 8.54. The van der Waals surface area contributed by atoms with Gasteiger partial charge in [0.2, 0.25) is 5.91 Å². The lowest BCUT2D eigenvalue weighted by molar-refractivity contribution is -0.177. The molecule has 0 aliphatic heterocycles. The number of carboxylic acid groups (broad SMARTS) is 1. The van der Waals surface area contributed by atoms with E-state index in [1.807, 2.05) is 24.6 Å². The standard InChI is InChI=1S/C33H52N4O.C33H54N4.C31H47N3O2/c1-28(2)14-16-33(27(38)37(8)9)17-15-31(6)21(22(33)19-28)10-11-24-30(5)18-20-25(35-36-26(20)34)29(3,4)23(30)12-13-32(24,31)7;1-28(2)14-16-33(20-37(8)9)17-15-31(6)22(23(33)19-28)10-11-25-30(5)18-21-26(35-36-27(21)34)29(3,4)24(30)12-13-32(25,31)7;1-26(2)12-14-31(25(35)36)15-13-29(6)19(20(31)17-26)8-9-22-28(5)16-18-23(33-34-24(18)32)27(3,4)21(28)10-11-30(22,29)7/h10,22-24H,11-19H2,1-9H3,(H3,34,35,36);10,23-25H,11-20H2,1-9H3,(H3,34,35,36);8,20-22H,9-17H2,1-7H3,(H,35,36)(H3,32,33,34)/t22?,23?,24?,30-,31+,32+,33-;23?,24?,25?,30-,31+,32+,33+;20?,21?,22?,28-,29+,30+,31-/m000/s1. The minimum Gasteiger partial charge on any atom is -0.481 e. The van der Waals surface area contributed by atoms with Crippen molar-refractivity contribution in [3.8, 4) is 0 Å². The van der Waals surface area contributed by atoms with Crippen molar-refractivity contribution in [2.24, 2.45) is 134 Å². The Morgan fingerprint density at radius 3 is 1.05 bits per heavy atom. The number of nitrogens with two attached hydrogens (primary N) is 3. The fourth-order valence-corrected chi connectivity index (χ4v) is 34.3. The van der Waals surface area contributed by atoms with Crippen LogP contribution in [0.4, 0.5) is 17.5 Å². The first-order valence-electron chi connectivity index (χ1n) is 45.0. The Hall–Kier alpha value is -4.85. The number of hydrogen-bond acceptors (Lipinski definition) is 9. The molecule has 3 aromatic heterocycles. The van der Waals surface area contributed by atoms with Gasteiger partial charge in [0.25, 0.3) is 0 Å². The van der Waals surface area contributed by atoms with Crippen LogP contribution < -0.4 is 17.2 Å². The summed E-state index contributed by atoms with van der Waals surface area (Å²) in [5.74, 6) is 6.88. The molecule has 1 amide bonds. The number of fused-ring (bicyclic) bond motifs is 24. The first-order chi connectivity index (χ1) is 51.3. The van der Waals surface area contributed by atoms with Crippen molar-refractivity contribution in [1.29, 1.82) is 0 Å². The molecule has 3 heterocycles. The molecular weight excluding hydrogens is 1370 g/mol. The van der Waals surface area contributed by atoms with E-state index < -0.39 is 11.4 Å². The zero-order valence-electron chi connectivity index (χ0n) is 74.5. The average molecular weight is 1520 g/mol. The smallest absolute Gasteiger partial charge is 0.310 e.